The van der Waals surface area contributed by atoms with Crippen molar-refractivity contribution in [1.82, 2.24) is 0 Å². The van der Waals surface area contributed by atoms with E-state index in [0.717, 1.165) is 16.8 Å². The van der Waals surface area contributed by atoms with Crippen molar-refractivity contribution in [3.05, 3.63) is 29.3 Å². The number of carboxylic acids is 1. The number of hydrogen-bond donors (Lipinski definition) is 2. The minimum Gasteiger partial charge on any atom is -0.481 e. The maximum Gasteiger partial charge on any atom is 0.305 e. The van der Waals surface area contributed by atoms with Gasteiger partial charge in [-0.15, -0.1) is 23.2 Å². The number of aliphatic carboxylic acids is 1. The number of hydrogen-bond acceptors (Lipinski definition) is 3. The molecule has 0 radical (unpaired) electrons. The zero-order valence-corrected chi connectivity index (χ0v) is 14.6. The molecule has 0 saturated carbocycles. The lowest BCUT2D eigenvalue weighted by atomic mass is 9.88. The Balaban J connectivity index is 3.00. The molecular formula is C16H24Cl2N2O2. The number of carboxylic acid groups (broad SMARTS) is 1. The molecule has 4 nitrogen and oxygen atoms in total. The number of alkyl halides is 2. The molecule has 6 heteroatoms. The number of halogens is 2. The molecule has 0 amide bonds. The van der Waals surface area contributed by atoms with Gasteiger partial charge in [0.25, 0.3) is 0 Å². The highest BCUT2D eigenvalue weighted by molar-refractivity contribution is 6.18. The Bertz CT molecular complexity index is 501. The second-order valence-electron chi connectivity index (χ2n) is 5.88. The smallest absolute Gasteiger partial charge is 0.305 e. The van der Waals surface area contributed by atoms with Gasteiger partial charge in [-0.1, -0.05) is 6.07 Å². The van der Waals surface area contributed by atoms with E-state index < -0.39 is 11.5 Å². The van der Waals surface area contributed by atoms with Crippen LogP contribution in [0.5, 0.6) is 0 Å². The van der Waals surface area contributed by atoms with Gasteiger partial charge < -0.3 is 15.7 Å². The van der Waals surface area contributed by atoms with E-state index in [4.69, 9.17) is 34.0 Å². The fraction of sp³-hybridized carbons (Fsp3) is 0.562. The Morgan fingerprint density at radius 1 is 1.32 bits per heavy atom. The first-order valence-electron chi connectivity index (χ1n) is 7.26. The third-order valence-corrected chi connectivity index (χ3v) is 3.89. The van der Waals surface area contributed by atoms with Crippen LogP contribution in [0.25, 0.3) is 0 Å². The molecule has 0 aromatic heterocycles. The molecule has 0 spiro atoms. The molecule has 1 unspecified atom stereocenters. The molecule has 1 rings (SSSR count). The number of aryl methyl sites for hydroxylation is 1. The van der Waals surface area contributed by atoms with Crippen LogP contribution in [0, 0.1) is 6.92 Å². The molecular weight excluding hydrogens is 323 g/mol. The van der Waals surface area contributed by atoms with E-state index in [1.807, 2.05) is 19.1 Å². The van der Waals surface area contributed by atoms with E-state index >= 15 is 0 Å². The van der Waals surface area contributed by atoms with Gasteiger partial charge in [0.2, 0.25) is 0 Å². The summed E-state index contributed by atoms with van der Waals surface area (Å²) in [7, 11) is 0. The van der Waals surface area contributed by atoms with Crippen molar-refractivity contribution < 1.29 is 9.90 Å². The van der Waals surface area contributed by atoms with Crippen LogP contribution in [0.2, 0.25) is 0 Å². The van der Waals surface area contributed by atoms with Crippen LogP contribution in [0.15, 0.2) is 18.2 Å². The Hall–Kier alpha value is -0.970. The molecule has 1 aromatic rings. The molecule has 0 aliphatic carbocycles. The maximum atomic E-state index is 10.9. The summed E-state index contributed by atoms with van der Waals surface area (Å²) < 4.78 is 0. The van der Waals surface area contributed by atoms with Crippen molar-refractivity contribution in [1.29, 1.82) is 0 Å². The fourth-order valence-electron chi connectivity index (χ4n) is 2.46. The molecule has 1 aromatic carbocycles. The van der Waals surface area contributed by atoms with Gasteiger partial charge in [-0.05, 0) is 43.5 Å². The third-order valence-electron chi connectivity index (χ3n) is 3.56. The highest BCUT2D eigenvalue weighted by Gasteiger charge is 2.24. The molecule has 0 fully saturated rings. The van der Waals surface area contributed by atoms with Gasteiger partial charge in [0.1, 0.15) is 0 Å². The first-order chi connectivity index (χ1) is 10.3. The van der Waals surface area contributed by atoms with Crippen molar-refractivity contribution in [2.75, 3.05) is 29.7 Å². The molecule has 0 aliphatic rings. The Labute approximate surface area is 142 Å². The van der Waals surface area contributed by atoms with Crippen LogP contribution < -0.4 is 10.6 Å². The zero-order valence-electron chi connectivity index (χ0n) is 13.1. The van der Waals surface area contributed by atoms with Crippen molar-refractivity contribution in [3.63, 3.8) is 0 Å². The van der Waals surface area contributed by atoms with Gasteiger partial charge in [-0.3, -0.25) is 4.79 Å². The van der Waals surface area contributed by atoms with Crippen LogP contribution >= 0.6 is 23.2 Å². The second kappa shape index (κ2) is 8.61. The van der Waals surface area contributed by atoms with Crippen LogP contribution in [0.3, 0.4) is 0 Å². The number of anilines is 1. The van der Waals surface area contributed by atoms with E-state index in [-0.39, 0.29) is 6.42 Å². The van der Waals surface area contributed by atoms with Crippen molar-refractivity contribution in [2.24, 2.45) is 5.73 Å². The van der Waals surface area contributed by atoms with E-state index in [2.05, 4.69) is 11.0 Å². The predicted octanol–water partition coefficient (Wildman–Crippen LogP) is 3.01. The van der Waals surface area contributed by atoms with Crippen molar-refractivity contribution >= 4 is 34.9 Å². The molecule has 0 heterocycles. The second-order valence-corrected chi connectivity index (χ2v) is 6.63. The van der Waals surface area contributed by atoms with E-state index in [1.54, 1.807) is 6.92 Å². The largest absolute Gasteiger partial charge is 0.481 e. The zero-order chi connectivity index (χ0) is 16.8. The maximum absolute atomic E-state index is 10.9. The van der Waals surface area contributed by atoms with Gasteiger partial charge in [0, 0.05) is 36.1 Å². The molecule has 124 valence electrons. The number of rotatable bonds is 9. The van der Waals surface area contributed by atoms with E-state index in [0.29, 0.717) is 31.3 Å². The first-order valence-corrected chi connectivity index (χ1v) is 8.33. The van der Waals surface area contributed by atoms with E-state index in [9.17, 15) is 4.79 Å². The molecule has 1 atom stereocenters. The Kier molecular flexibility index (Phi) is 7.46. The average molecular weight is 347 g/mol. The summed E-state index contributed by atoms with van der Waals surface area (Å²) in [6.45, 7) is 5.20. The predicted molar refractivity (Wildman–Crippen MR) is 93.4 cm³/mol. The number of nitrogens with two attached hydrogens (primary N) is 1. The summed E-state index contributed by atoms with van der Waals surface area (Å²) >= 11 is 11.7. The lowest BCUT2D eigenvalue weighted by Gasteiger charge is -2.27. The number of carbonyl (C=O) groups is 1. The summed E-state index contributed by atoms with van der Waals surface area (Å²) in [6, 6.07) is 6.11. The molecule has 0 aliphatic heterocycles. The van der Waals surface area contributed by atoms with Crippen molar-refractivity contribution in [2.45, 2.75) is 32.2 Å². The monoisotopic (exact) mass is 346 g/mol. The first kappa shape index (κ1) is 19.1. The van der Waals surface area contributed by atoms with E-state index in [1.165, 1.54) is 0 Å². The van der Waals surface area contributed by atoms with Crippen LogP contribution in [0.1, 0.15) is 24.5 Å². The minimum absolute atomic E-state index is 0.0657. The van der Waals surface area contributed by atoms with Gasteiger partial charge in [-0.25, -0.2) is 0 Å². The summed E-state index contributed by atoms with van der Waals surface area (Å²) in [4.78, 5) is 13.0. The van der Waals surface area contributed by atoms with Crippen molar-refractivity contribution in [3.8, 4) is 0 Å². The Morgan fingerprint density at radius 3 is 2.41 bits per heavy atom. The number of nitrogens with zero attached hydrogens (tertiary/aromatic N) is 1. The van der Waals surface area contributed by atoms with Gasteiger partial charge in [0.15, 0.2) is 0 Å². The average Bonchev–Trinajstić information content (AvgIpc) is 2.39. The summed E-state index contributed by atoms with van der Waals surface area (Å²) in [5.41, 5.74) is 8.54. The normalized spacial score (nSPS) is 13.7. The minimum atomic E-state index is -0.885. The van der Waals surface area contributed by atoms with Crippen LogP contribution in [0.4, 0.5) is 5.69 Å². The number of benzene rings is 1. The molecule has 3 N–H and O–H groups in total. The SMILES string of the molecule is Cc1ccc(N(CCCl)CCCl)cc1CC(C)(N)CC(=O)O. The third kappa shape index (κ3) is 6.03. The molecule has 0 saturated heterocycles. The van der Waals surface area contributed by atoms with Crippen LogP contribution in [-0.4, -0.2) is 41.5 Å². The molecule has 22 heavy (non-hydrogen) atoms. The Morgan fingerprint density at radius 2 is 1.91 bits per heavy atom. The van der Waals surface area contributed by atoms with Gasteiger partial charge >= 0.3 is 5.97 Å². The lowest BCUT2D eigenvalue weighted by molar-refractivity contribution is -0.138. The topological polar surface area (TPSA) is 66.6 Å². The summed E-state index contributed by atoms with van der Waals surface area (Å²) in [5, 5.41) is 8.96. The standard InChI is InChI=1S/C16H24Cl2N2O2/c1-12-3-4-14(20(7-5-17)8-6-18)9-13(12)10-16(2,19)11-15(21)22/h3-4,9H,5-8,10-11,19H2,1-2H3,(H,21,22). The summed E-state index contributed by atoms with van der Waals surface area (Å²) in [5.74, 6) is 0.159. The van der Waals surface area contributed by atoms with Crippen LogP contribution in [-0.2, 0) is 11.2 Å². The van der Waals surface area contributed by atoms with Gasteiger partial charge in [-0.2, -0.15) is 0 Å². The highest BCUT2D eigenvalue weighted by atomic mass is 35.5. The quantitative estimate of drug-likeness (QED) is 0.674. The lowest BCUT2D eigenvalue weighted by Crippen LogP contribution is -2.41. The molecule has 0 bridgehead atoms. The van der Waals surface area contributed by atoms with Gasteiger partial charge in [0.05, 0.1) is 6.42 Å². The summed E-state index contributed by atoms with van der Waals surface area (Å²) in [6.07, 6.45) is 0.443. The fourth-order valence-corrected chi connectivity index (χ4v) is 2.87. The highest BCUT2D eigenvalue weighted by Crippen LogP contribution is 2.24.